The van der Waals surface area contributed by atoms with Crippen LogP contribution >= 0.6 is 0 Å². The molecular weight excluding hydrogens is 386 g/mol. The lowest BCUT2D eigenvalue weighted by atomic mass is 10.1. The van der Waals surface area contributed by atoms with Gasteiger partial charge < -0.3 is 19.7 Å². The minimum atomic E-state index is 0.0820. The molecule has 1 fully saturated rings. The smallest absolute Gasteiger partial charge is 0.250 e. The number of hydrogen-bond donors (Lipinski definition) is 1. The number of unbranched alkanes of at least 4 members (excludes halogenated alkanes) is 1. The number of aryl methyl sites for hydroxylation is 2. The maximum absolute atomic E-state index is 12.0. The molecule has 168 valence electrons. The molecular formula is C25H37N5O. The lowest BCUT2D eigenvalue weighted by Gasteiger charge is -2.38. The molecule has 2 heterocycles. The molecule has 31 heavy (non-hydrogen) atoms. The fraction of sp³-hybridized carbons (Fsp3) is 0.520. The molecule has 6 heteroatoms. The molecule has 0 unspecified atom stereocenters. The molecule has 2 aromatic rings. The highest BCUT2D eigenvalue weighted by molar-refractivity contribution is 5.80. The zero-order valence-electron chi connectivity index (χ0n) is 19.5. The van der Waals surface area contributed by atoms with E-state index in [0.29, 0.717) is 0 Å². The number of piperazine rings is 1. The van der Waals surface area contributed by atoms with E-state index in [1.54, 1.807) is 6.07 Å². The van der Waals surface area contributed by atoms with E-state index >= 15 is 0 Å². The van der Waals surface area contributed by atoms with Crippen molar-refractivity contribution in [1.82, 2.24) is 14.8 Å². The lowest BCUT2D eigenvalue weighted by molar-refractivity contribution is 0.372. The number of pyridine rings is 1. The summed E-state index contributed by atoms with van der Waals surface area (Å²) in [4.78, 5) is 21.7. The monoisotopic (exact) mass is 423 g/mol. The molecule has 6 nitrogen and oxygen atoms in total. The third-order valence-electron chi connectivity index (χ3n) is 6.15. The van der Waals surface area contributed by atoms with Gasteiger partial charge in [-0.25, -0.2) is 0 Å². The maximum Gasteiger partial charge on any atom is 0.250 e. The van der Waals surface area contributed by atoms with Crippen LogP contribution in [0, 0.1) is 20.8 Å². The number of nitrogens with one attached hydrogen (secondary N) is 1. The summed E-state index contributed by atoms with van der Waals surface area (Å²) in [5, 5.41) is 3.46. The Morgan fingerprint density at radius 1 is 1.00 bits per heavy atom. The minimum absolute atomic E-state index is 0.0820. The van der Waals surface area contributed by atoms with Crippen molar-refractivity contribution in [1.29, 1.82) is 0 Å². The fourth-order valence-corrected chi connectivity index (χ4v) is 4.14. The highest BCUT2D eigenvalue weighted by Gasteiger charge is 2.21. The van der Waals surface area contributed by atoms with Crippen LogP contribution < -0.4 is 15.8 Å². The number of aromatic nitrogens is 1. The van der Waals surface area contributed by atoms with E-state index in [0.717, 1.165) is 70.3 Å². The Bertz CT molecular complexity index is 941. The predicted octanol–water partition coefficient (Wildman–Crippen LogP) is 3.34. The van der Waals surface area contributed by atoms with Crippen LogP contribution in [0.4, 0.5) is 5.69 Å². The van der Waals surface area contributed by atoms with Gasteiger partial charge in [0.1, 0.15) is 0 Å². The van der Waals surface area contributed by atoms with Crippen LogP contribution in [0.2, 0.25) is 0 Å². The summed E-state index contributed by atoms with van der Waals surface area (Å²) >= 11 is 0. The van der Waals surface area contributed by atoms with Crippen molar-refractivity contribution >= 4 is 11.6 Å². The van der Waals surface area contributed by atoms with Crippen molar-refractivity contribution in [2.45, 2.75) is 47.1 Å². The Balaban J connectivity index is 1.52. The SMILES string of the molecule is CCNC(=NCCCCn1c(C)cccc1=O)N1CCN(c2cccc(C)c2C)CC1. The maximum atomic E-state index is 12.0. The first-order valence-corrected chi connectivity index (χ1v) is 11.5. The van der Waals surface area contributed by atoms with E-state index in [1.165, 1.54) is 16.8 Å². The number of benzene rings is 1. The van der Waals surface area contributed by atoms with Crippen molar-refractivity contribution < 1.29 is 0 Å². The Morgan fingerprint density at radius 2 is 1.74 bits per heavy atom. The van der Waals surface area contributed by atoms with Gasteiger partial charge in [-0.1, -0.05) is 18.2 Å². The number of anilines is 1. The van der Waals surface area contributed by atoms with Gasteiger partial charge >= 0.3 is 0 Å². The second-order valence-electron chi connectivity index (χ2n) is 8.29. The Labute approximate surface area is 186 Å². The molecule has 0 spiro atoms. The largest absolute Gasteiger partial charge is 0.368 e. The van der Waals surface area contributed by atoms with E-state index in [4.69, 9.17) is 4.99 Å². The van der Waals surface area contributed by atoms with Crippen LogP contribution in [0.15, 0.2) is 46.2 Å². The van der Waals surface area contributed by atoms with E-state index in [9.17, 15) is 4.79 Å². The van der Waals surface area contributed by atoms with Crippen LogP contribution in [-0.4, -0.2) is 54.7 Å². The highest BCUT2D eigenvalue weighted by atomic mass is 16.1. The molecule has 1 aromatic heterocycles. The van der Waals surface area contributed by atoms with Gasteiger partial charge in [-0.05, 0) is 63.8 Å². The number of guanidine groups is 1. The average molecular weight is 424 g/mol. The number of aliphatic imine (C=N–C) groups is 1. The molecule has 3 rings (SSSR count). The number of rotatable bonds is 7. The summed E-state index contributed by atoms with van der Waals surface area (Å²) < 4.78 is 1.85. The number of hydrogen-bond acceptors (Lipinski definition) is 3. The van der Waals surface area contributed by atoms with Gasteiger partial charge in [0.05, 0.1) is 0 Å². The molecule has 0 radical (unpaired) electrons. The second-order valence-corrected chi connectivity index (χ2v) is 8.29. The molecule has 1 aliphatic heterocycles. The summed E-state index contributed by atoms with van der Waals surface area (Å²) in [5.41, 5.74) is 5.18. The van der Waals surface area contributed by atoms with Crippen molar-refractivity contribution in [2.75, 3.05) is 44.2 Å². The van der Waals surface area contributed by atoms with Gasteiger partial charge in [-0.15, -0.1) is 0 Å². The summed E-state index contributed by atoms with van der Waals surface area (Å²) in [5.74, 6) is 1.01. The van der Waals surface area contributed by atoms with Crippen LogP contribution in [0.1, 0.15) is 36.6 Å². The van der Waals surface area contributed by atoms with Crippen LogP contribution in [0.3, 0.4) is 0 Å². The normalized spacial score (nSPS) is 14.8. The Morgan fingerprint density at radius 3 is 2.45 bits per heavy atom. The van der Waals surface area contributed by atoms with Gasteiger partial charge in [-0.3, -0.25) is 9.79 Å². The first-order valence-electron chi connectivity index (χ1n) is 11.5. The van der Waals surface area contributed by atoms with Gasteiger partial charge in [0, 0.05) is 63.3 Å². The van der Waals surface area contributed by atoms with E-state index in [-0.39, 0.29) is 5.56 Å². The molecule has 1 N–H and O–H groups in total. The predicted molar refractivity (Wildman–Crippen MR) is 130 cm³/mol. The lowest BCUT2D eigenvalue weighted by Crippen LogP contribution is -2.52. The molecule has 1 saturated heterocycles. The van der Waals surface area contributed by atoms with Crippen molar-refractivity contribution in [3.05, 3.63) is 63.6 Å². The summed E-state index contributed by atoms with van der Waals surface area (Å²) in [6, 6.07) is 12.0. The van der Waals surface area contributed by atoms with Crippen LogP contribution in [0.25, 0.3) is 0 Å². The standard InChI is InChI=1S/C25H37N5O/c1-5-26-25(27-14-6-7-15-30-21(3)11-9-13-24(30)31)29-18-16-28(17-19-29)23-12-8-10-20(2)22(23)4/h8-13H,5-7,14-19H2,1-4H3,(H,26,27). The molecule has 0 saturated carbocycles. The second kappa shape index (κ2) is 11.0. The van der Waals surface area contributed by atoms with E-state index in [2.05, 4.69) is 54.1 Å². The van der Waals surface area contributed by atoms with Gasteiger partial charge in [0.2, 0.25) is 0 Å². The molecule has 0 amide bonds. The zero-order chi connectivity index (χ0) is 22.2. The van der Waals surface area contributed by atoms with Gasteiger partial charge in [-0.2, -0.15) is 0 Å². The number of nitrogens with zero attached hydrogens (tertiary/aromatic N) is 4. The molecule has 1 aromatic carbocycles. The van der Waals surface area contributed by atoms with Gasteiger partial charge in [0.25, 0.3) is 5.56 Å². The Hall–Kier alpha value is -2.76. The van der Waals surface area contributed by atoms with E-state index in [1.807, 2.05) is 23.6 Å². The Kier molecular flexibility index (Phi) is 8.15. The van der Waals surface area contributed by atoms with Crippen LogP contribution in [0.5, 0.6) is 0 Å². The van der Waals surface area contributed by atoms with Crippen LogP contribution in [-0.2, 0) is 6.54 Å². The van der Waals surface area contributed by atoms with Crippen molar-refractivity contribution in [2.24, 2.45) is 4.99 Å². The molecule has 0 aliphatic carbocycles. The van der Waals surface area contributed by atoms with Crippen molar-refractivity contribution in [3.8, 4) is 0 Å². The average Bonchev–Trinajstić information content (AvgIpc) is 2.76. The molecule has 0 atom stereocenters. The zero-order valence-corrected chi connectivity index (χ0v) is 19.5. The van der Waals surface area contributed by atoms with Gasteiger partial charge in [0.15, 0.2) is 5.96 Å². The summed E-state index contributed by atoms with van der Waals surface area (Å²) in [6.45, 7) is 14.9. The molecule has 0 bridgehead atoms. The third-order valence-corrected chi connectivity index (χ3v) is 6.15. The van der Waals surface area contributed by atoms with Crippen molar-refractivity contribution in [3.63, 3.8) is 0 Å². The highest BCUT2D eigenvalue weighted by Crippen LogP contribution is 2.23. The third kappa shape index (κ3) is 5.90. The minimum Gasteiger partial charge on any atom is -0.368 e. The summed E-state index contributed by atoms with van der Waals surface area (Å²) in [7, 11) is 0. The quantitative estimate of drug-likeness (QED) is 0.422. The fourth-order valence-electron chi connectivity index (χ4n) is 4.14. The summed E-state index contributed by atoms with van der Waals surface area (Å²) in [6.07, 6.45) is 1.92. The first-order chi connectivity index (χ1) is 15.0. The van der Waals surface area contributed by atoms with E-state index < -0.39 is 0 Å². The molecule has 1 aliphatic rings. The first kappa shape index (κ1) is 22.9. The topological polar surface area (TPSA) is 52.9 Å².